The van der Waals surface area contributed by atoms with Crippen molar-refractivity contribution in [3.63, 3.8) is 0 Å². The topological polar surface area (TPSA) is 151 Å². The van der Waals surface area contributed by atoms with E-state index in [1.165, 1.54) is 83.5 Å². The summed E-state index contributed by atoms with van der Waals surface area (Å²) in [6, 6.07) is 14.9. The van der Waals surface area contributed by atoms with Gasteiger partial charge >= 0.3 is 5.97 Å². The first kappa shape index (κ1) is 42.6. The fourth-order valence-electron chi connectivity index (χ4n) is 7.80. The van der Waals surface area contributed by atoms with Gasteiger partial charge in [-0.05, 0) is 73.6 Å². The summed E-state index contributed by atoms with van der Waals surface area (Å²) in [7, 11) is 0. The number of aliphatic hydroxyl groups is 1. The van der Waals surface area contributed by atoms with Crippen molar-refractivity contribution in [3.05, 3.63) is 59.8 Å². The molecule has 304 valence electrons. The highest BCUT2D eigenvalue weighted by molar-refractivity contribution is 5.95. The molecule has 1 aliphatic rings. The third-order valence-electron chi connectivity index (χ3n) is 11.1. The lowest BCUT2D eigenvalue weighted by molar-refractivity contribution is -0.146. The smallest absolute Gasteiger partial charge is 0.306 e. The zero-order chi connectivity index (χ0) is 39.5. The van der Waals surface area contributed by atoms with E-state index in [-0.39, 0.29) is 43.8 Å². The molecule has 4 aromatic rings. The highest BCUT2D eigenvalue weighted by atomic mass is 16.5. The first-order valence-corrected chi connectivity index (χ1v) is 21.4. The minimum atomic E-state index is -0.316. The molecule has 1 unspecified atom stereocenters. The van der Waals surface area contributed by atoms with Gasteiger partial charge in [0.25, 0.3) is 5.91 Å². The van der Waals surface area contributed by atoms with E-state index < -0.39 is 0 Å². The number of aromatic nitrogens is 4. The zero-order valence-corrected chi connectivity index (χ0v) is 33.8. The number of carbonyl (C=O) groups excluding carboxylic acids is 3. The van der Waals surface area contributed by atoms with Crippen LogP contribution >= 0.6 is 0 Å². The number of aliphatic hydroxyl groups excluding tert-OH is 1. The van der Waals surface area contributed by atoms with Crippen LogP contribution in [0.15, 0.2) is 48.5 Å². The summed E-state index contributed by atoms with van der Waals surface area (Å²) in [5.41, 5.74) is 5.72. The van der Waals surface area contributed by atoms with Gasteiger partial charge < -0.3 is 20.5 Å². The molecule has 1 atom stereocenters. The Kier molecular flexibility index (Phi) is 17.4. The van der Waals surface area contributed by atoms with Crippen molar-refractivity contribution in [2.24, 2.45) is 5.92 Å². The van der Waals surface area contributed by atoms with Crippen LogP contribution in [0.3, 0.4) is 0 Å². The molecule has 2 aromatic heterocycles. The van der Waals surface area contributed by atoms with Crippen LogP contribution in [0, 0.1) is 5.92 Å². The predicted molar refractivity (Wildman–Crippen MR) is 223 cm³/mol. The minimum Gasteiger partial charge on any atom is -0.465 e. The Morgan fingerprint density at radius 3 is 2.16 bits per heavy atom. The Labute approximate surface area is 332 Å². The highest BCUT2D eigenvalue weighted by Crippen LogP contribution is 2.39. The molecule has 4 N–H and O–H groups in total. The molecule has 2 amide bonds. The summed E-state index contributed by atoms with van der Waals surface area (Å²) in [5.74, 6) is 0.535. The average molecular weight is 769 g/mol. The van der Waals surface area contributed by atoms with Crippen molar-refractivity contribution >= 4 is 29.1 Å². The number of aromatic amines is 1. The maximum Gasteiger partial charge on any atom is 0.306 e. The van der Waals surface area contributed by atoms with Gasteiger partial charge in [-0.3, -0.25) is 19.5 Å². The highest BCUT2D eigenvalue weighted by Gasteiger charge is 2.26. The molecule has 0 bridgehead atoms. The van der Waals surface area contributed by atoms with Gasteiger partial charge in [-0.25, -0.2) is 4.98 Å². The van der Waals surface area contributed by atoms with Gasteiger partial charge in [-0.1, -0.05) is 109 Å². The lowest BCUT2D eigenvalue weighted by Gasteiger charge is -2.21. The fourth-order valence-corrected chi connectivity index (χ4v) is 7.80. The number of unbranched alkanes of at least 4 members (excludes halogenated alkanes) is 8. The van der Waals surface area contributed by atoms with Gasteiger partial charge in [0.1, 0.15) is 0 Å². The lowest BCUT2D eigenvalue weighted by Crippen LogP contribution is -2.26. The van der Waals surface area contributed by atoms with Crippen molar-refractivity contribution in [2.75, 3.05) is 25.1 Å². The molecule has 1 fully saturated rings. The van der Waals surface area contributed by atoms with Crippen LogP contribution in [0.4, 0.5) is 5.69 Å². The van der Waals surface area contributed by atoms with Gasteiger partial charge in [0.15, 0.2) is 11.5 Å². The Morgan fingerprint density at radius 2 is 1.48 bits per heavy atom. The largest absolute Gasteiger partial charge is 0.465 e. The summed E-state index contributed by atoms with van der Waals surface area (Å²) in [6.07, 6.45) is 20.5. The number of rotatable bonds is 24. The minimum absolute atomic E-state index is 0.0545. The van der Waals surface area contributed by atoms with E-state index in [1.54, 1.807) is 16.8 Å². The molecule has 11 heteroatoms. The molecular formula is C45H64N6O5. The number of esters is 1. The van der Waals surface area contributed by atoms with Crippen LogP contribution in [-0.4, -0.2) is 62.5 Å². The number of ether oxygens (including phenoxy) is 1. The van der Waals surface area contributed by atoms with Crippen molar-refractivity contribution in [2.45, 2.75) is 142 Å². The average Bonchev–Trinajstić information content (AvgIpc) is 3.80. The quantitative estimate of drug-likeness (QED) is 0.0409. The number of anilines is 1. The van der Waals surface area contributed by atoms with E-state index in [0.29, 0.717) is 41.2 Å². The Bertz CT molecular complexity index is 1790. The summed E-state index contributed by atoms with van der Waals surface area (Å²) in [5, 5.41) is 23.0. The number of amides is 2. The van der Waals surface area contributed by atoms with Crippen molar-refractivity contribution in [3.8, 4) is 22.5 Å². The molecule has 0 spiro atoms. The first-order valence-electron chi connectivity index (χ1n) is 21.4. The van der Waals surface area contributed by atoms with E-state index >= 15 is 0 Å². The normalized spacial score (nSPS) is 13.8. The molecule has 5 rings (SSSR count). The van der Waals surface area contributed by atoms with E-state index in [9.17, 15) is 14.4 Å². The molecule has 2 heterocycles. The van der Waals surface area contributed by atoms with Gasteiger partial charge in [0.05, 0.1) is 19.6 Å². The van der Waals surface area contributed by atoms with Crippen LogP contribution in [0.5, 0.6) is 0 Å². The van der Waals surface area contributed by atoms with Crippen LogP contribution in [0.2, 0.25) is 0 Å². The van der Waals surface area contributed by atoms with Gasteiger partial charge in [-0.15, -0.1) is 5.10 Å². The van der Waals surface area contributed by atoms with Gasteiger partial charge in [-0.2, -0.15) is 4.63 Å². The second-order valence-corrected chi connectivity index (χ2v) is 15.5. The summed E-state index contributed by atoms with van der Waals surface area (Å²) in [6.45, 7) is 5.00. The first-order chi connectivity index (χ1) is 27.4. The van der Waals surface area contributed by atoms with Crippen molar-refractivity contribution < 1.29 is 24.2 Å². The number of hydrogen-bond acceptors (Lipinski definition) is 7. The van der Waals surface area contributed by atoms with Crippen LogP contribution < -0.4 is 10.6 Å². The van der Waals surface area contributed by atoms with Gasteiger partial charge in [0.2, 0.25) is 5.91 Å². The number of fused-ring (bicyclic) bond motifs is 1. The van der Waals surface area contributed by atoms with Crippen LogP contribution in [0.25, 0.3) is 28.2 Å². The van der Waals surface area contributed by atoms with E-state index in [0.717, 1.165) is 48.1 Å². The summed E-state index contributed by atoms with van der Waals surface area (Å²) in [4.78, 5) is 42.9. The number of nitrogens with zero attached hydrogens (tertiary/aromatic N) is 3. The van der Waals surface area contributed by atoms with Gasteiger partial charge in [0, 0.05) is 47.0 Å². The third-order valence-corrected chi connectivity index (χ3v) is 11.1. The van der Waals surface area contributed by atoms with Crippen LogP contribution in [0.1, 0.15) is 158 Å². The second-order valence-electron chi connectivity index (χ2n) is 15.5. The van der Waals surface area contributed by atoms with Crippen molar-refractivity contribution in [1.82, 2.24) is 25.1 Å². The number of carbonyl (C=O) groups is 3. The van der Waals surface area contributed by atoms with E-state index in [1.807, 2.05) is 36.4 Å². The molecule has 1 aliphatic carbocycles. The molecule has 0 aliphatic heterocycles. The molecule has 0 radical (unpaired) electrons. The summed E-state index contributed by atoms with van der Waals surface area (Å²) < 4.78 is 7.43. The Morgan fingerprint density at radius 1 is 0.839 bits per heavy atom. The summed E-state index contributed by atoms with van der Waals surface area (Å²) >= 11 is 0. The molecule has 56 heavy (non-hydrogen) atoms. The lowest BCUT2D eigenvalue weighted by atomic mass is 9.84. The molecule has 0 saturated heterocycles. The van der Waals surface area contributed by atoms with E-state index in [4.69, 9.17) is 19.9 Å². The predicted octanol–water partition coefficient (Wildman–Crippen LogP) is 9.76. The second kappa shape index (κ2) is 22.9. The van der Waals surface area contributed by atoms with Crippen LogP contribution in [-0.2, 0) is 14.3 Å². The third kappa shape index (κ3) is 12.8. The molecule has 11 nitrogen and oxygen atoms in total. The number of hydrogen-bond donors (Lipinski definition) is 4. The zero-order valence-electron chi connectivity index (χ0n) is 33.8. The number of benzene rings is 2. The fraction of sp³-hybridized carbons (Fsp3) is 0.578. The van der Waals surface area contributed by atoms with Crippen molar-refractivity contribution in [1.29, 1.82) is 0 Å². The molecule has 1 saturated carbocycles. The maximum absolute atomic E-state index is 12.8. The SMILES string of the molecule is CCCCCCCCC(CCCCCC)COC(=O)CCC(=O)Nc1ccc(-c2nc3c(-c4ccc(C(=O)NCCO)cc4)c(C4CCCCC4)[nH]n3n2)cc1. The molecular weight excluding hydrogens is 705 g/mol. The molecule has 2 aromatic carbocycles. The standard InChI is InChI=1S/C45H64N6O5/c1-3-5-7-9-10-13-17-33(16-12-8-6-4-2)32-56-40(54)29-28-39(53)47-38-26-24-36(25-27-38)43-48-44-41(34-20-22-37(23-21-34)45(55)46-30-31-52)42(49-51(44)50-43)35-18-14-11-15-19-35/h20-27,33,35,49,52H,3-19,28-32H2,1-2H3,(H,46,55)(H,47,53). The number of H-pyrrole nitrogens is 1. The monoisotopic (exact) mass is 768 g/mol. The maximum atomic E-state index is 12.8. The Hall–Kier alpha value is -4.51. The van der Waals surface area contributed by atoms with E-state index in [2.05, 4.69) is 29.6 Å². The number of nitrogens with one attached hydrogen (secondary N) is 3. The Balaban J connectivity index is 1.16.